The number of halogens is 3. The summed E-state index contributed by atoms with van der Waals surface area (Å²) in [6.45, 7) is 10.4. The van der Waals surface area contributed by atoms with Crippen LogP contribution < -0.4 is 5.32 Å². The van der Waals surface area contributed by atoms with Crippen LogP contribution in [0.1, 0.15) is 30.4 Å². The average molecular weight is 546 g/mol. The van der Waals surface area contributed by atoms with Crippen molar-refractivity contribution < 1.29 is 22.7 Å². The number of carbonyl (C=O) groups is 1. The van der Waals surface area contributed by atoms with Crippen LogP contribution >= 0.6 is 0 Å². The van der Waals surface area contributed by atoms with Crippen LogP contribution in [0.4, 0.5) is 13.2 Å². The normalized spacial score (nSPS) is 21.5. The van der Waals surface area contributed by atoms with Crippen molar-refractivity contribution in [2.75, 3.05) is 52.5 Å². The van der Waals surface area contributed by atoms with E-state index in [4.69, 9.17) is 9.84 Å². The number of fused-ring (bicyclic) bond motifs is 1. The molecule has 3 heterocycles. The smallest absolute Gasteiger partial charge is 0.379 e. The number of morpholine rings is 1. The summed E-state index contributed by atoms with van der Waals surface area (Å²) in [6, 6.07) is 4.36. The topological polar surface area (TPSA) is 62.6 Å². The van der Waals surface area contributed by atoms with Crippen molar-refractivity contribution in [3.63, 3.8) is 0 Å². The van der Waals surface area contributed by atoms with Crippen LogP contribution in [-0.4, -0.2) is 84.1 Å². The number of alkyl halides is 3. The minimum Gasteiger partial charge on any atom is -0.379 e. The molecule has 0 saturated carbocycles. The molecular formula is C29H38F3N5O2. The highest BCUT2D eigenvalue weighted by atomic mass is 19.4. The van der Waals surface area contributed by atoms with Gasteiger partial charge in [0.2, 0.25) is 0 Å². The van der Waals surface area contributed by atoms with Crippen molar-refractivity contribution in [1.82, 2.24) is 24.9 Å². The highest BCUT2D eigenvalue weighted by Crippen LogP contribution is 2.34. The van der Waals surface area contributed by atoms with Crippen LogP contribution in [0.2, 0.25) is 0 Å². The van der Waals surface area contributed by atoms with Crippen LogP contribution in [0.15, 0.2) is 42.1 Å². The molecule has 0 spiro atoms. The Hall–Kier alpha value is -2.69. The molecule has 10 heteroatoms. The fourth-order valence-electron chi connectivity index (χ4n) is 5.66. The molecule has 1 N–H and O–H groups in total. The van der Waals surface area contributed by atoms with Crippen LogP contribution in [-0.2, 0) is 22.6 Å². The molecule has 2 aliphatic heterocycles. The number of benzene rings is 1. The van der Waals surface area contributed by atoms with Crippen molar-refractivity contribution in [1.29, 1.82) is 0 Å². The molecule has 1 aromatic heterocycles. The molecule has 1 amide bonds. The second-order valence-electron chi connectivity index (χ2n) is 11.0. The van der Waals surface area contributed by atoms with Gasteiger partial charge in [0.15, 0.2) is 0 Å². The van der Waals surface area contributed by atoms with E-state index in [1.807, 2.05) is 4.68 Å². The number of carbonyl (C=O) groups excluding carboxylic acids is 1. The molecule has 2 aromatic rings. The molecule has 39 heavy (non-hydrogen) atoms. The Labute approximate surface area is 227 Å². The minimum atomic E-state index is -4.32. The van der Waals surface area contributed by atoms with E-state index in [2.05, 4.69) is 35.5 Å². The highest BCUT2D eigenvalue weighted by Gasteiger charge is 2.39. The number of likely N-dealkylation sites (tertiary alicyclic amines) is 1. The van der Waals surface area contributed by atoms with Gasteiger partial charge < -0.3 is 15.0 Å². The van der Waals surface area contributed by atoms with E-state index in [9.17, 15) is 18.0 Å². The first kappa shape index (κ1) is 27.9. The maximum atomic E-state index is 13.1. The number of allylic oxidation sites excluding steroid dienone is 2. The predicted octanol–water partition coefficient (Wildman–Crippen LogP) is 4.07. The molecule has 212 valence electrons. The van der Waals surface area contributed by atoms with E-state index in [1.54, 1.807) is 4.90 Å². The van der Waals surface area contributed by atoms with Crippen molar-refractivity contribution in [3.8, 4) is 0 Å². The number of piperidine rings is 1. The van der Waals surface area contributed by atoms with Crippen molar-refractivity contribution >= 4 is 16.8 Å². The van der Waals surface area contributed by atoms with Gasteiger partial charge in [0, 0.05) is 69.5 Å². The Bertz CT molecular complexity index is 1210. The number of aryl methyl sites for hydroxylation is 1. The van der Waals surface area contributed by atoms with E-state index in [1.165, 1.54) is 23.3 Å². The molecule has 0 bridgehead atoms. The fourth-order valence-corrected chi connectivity index (χ4v) is 5.66. The van der Waals surface area contributed by atoms with Gasteiger partial charge in [-0.25, -0.2) is 0 Å². The number of hydrogen-bond acceptors (Lipinski definition) is 5. The van der Waals surface area contributed by atoms with Crippen LogP contribution in [0.3, 0.4) is 0 Å². The molecule has 2 saturated heterocycles. The molecule has 1 atom stereocenters. The highest BCUT2D eigenvalue weighted by molar-refractivity contribution is 5.96. The Balaban J connectivity index is 1.12. The Morgan fingerprint density at radius 1 is 1.15 bits per heavy atom. The van der Waals surface area contributed by atoms with Gasteiger partial charge in [0.1, 0.15) is 0 Å². The number of nitrogens with one attached hydrogen (secondary N) is 1. The maximum Gasteiger partial charge on any atom is 0.395 e. The monoisotopic (exact) mass is 545 g/mol. The summed E-state index contributed by atoms with van der Waals surface area (Å²) in [5.74, 6) is -1.52. The van der Waals surface area contributed by atoms with E-state index in [-0.39, 0.29) is 17.9 Å². The molecule has 2 fully saturated rings. The Kier molecular flexibility index (Phi) is 8.73. The third kappa shape index (κ3) is 7.10. The Morgan fingerprint density at radius 2 is 1.92 bits per heavy atom. The van der Waals surface area contributed by atoms with Gasteiger partial charge in [0.05, 0.1) is 24.6 Å². The molecule has 0 radical (unpaired) electrons. The van der Waals surface area contributed by atoms with Gasteiger partial charge in [-0.3, -0.25) is 14.4 Å². The summed E-state index contributed by atoms with van der Waals surface area (Å²) in [5, 5.41) is 9.48. The summed E-state index contributed by atoms with van der Waals surface area (Å²) in [6.07, 6.45) is 3.34. The van der Waals surface area contributed by atoms with Gasteiger partial charge in [0.25, 0.3) is 5.91 Å². The first-order chi connectivity index (χ1) is 18.8. The van der Waals surface area contributed by atoms with Crippen LogP contribution in [0.25, 0.3) is 10.9 Å². The first-order valence-electron chi connectivity index (χ1n) is 14.0. The standard InChI is InChI=1S/C29H38F3N5O2/c1-21-15-27-25(16-24(21)18-33-7-10-35-11-13-39-14-12-35)20-37(34-27)19-22-5-8-36(9-6-22)28(38)23-3-2-4-26(17-23)29(30,31)32/h2-3,15-17,20,22,26,33H,4-14,18-19H2,1H3. The van der Waals surface area contributed by atoms with Crippen LogP contribution in [0, 0.1) is 18.8 Å². The first-order valence-corrected chi connectivity index (χ1v) is 14.0. The second kappa shape index (κ2) is 12.2. The number of aromatic nitrogens is 2. The van der Waals surface area contributed by atoms with Gasteiger partial charge in [-0.15, -0.1) is 0 Å². The third-order valence-electron chi connectivity index (χ3n) is 8.12. The SMILES string of the molecule is Cc1cc2nn(CC3CCN(C(=O)C4=CC(C(F)(F)F)CC=C4)CC3)cc2cc1CNCCN1CCOCC1. The Morgan fingerprint density at radius 3 is 2.67 bits per heavy atom. The van der Waals surface area contributed by atoms with Gasteiger partial charge >= 0.3 is 6.18 Å². The lowest BCUT2D eigenvalue weighted by molar-refractivity contribution is -0.160. The minimum absolute atomic E-state index is 0.104. The lowest BCUT2D eigenvalue weighted by Gasteiger charge is -2.33. The molecule has 3 aliphatic rings. The number of amides is 1. The van der Waals surface area contributed by atoms with Gasteiger partial charge in [-0.1, -0.05) is 18.2 Å². The van der Waals surface area contributed by atoms with E-state index < -0.39 is 12.1 Å². The van der Waals surface area contributed by atoms with E-state index in [0.29, 0.717) is 19.0 Å². The number of nitrogens with zero attached hydrogens (tertiary/aromatic N) is 4. The third-order valence-corrected chi connectivity index (χ3v) is 8.12. The molecule has 5 rings (SSSR count). The van der Waals surface area contributed by atoms with Gasteiger partial charge in [-0.2, -0.15) is 18.3 Å². The predicted molar refractivity (Wildman–Crippen MR) is 144 cm³/mol. The summed E-state index contributed by atoms with van der Waals surface area (Å²) >= 11 is 0. The summed E-state index contributed by atoms with van der Waals surface area (Å²) in [7, 11) is 0. The fraction of sp³-hybridized carbons (Fsp3) is 0.586. The average Bonchev–Trinajstić information content (AvgIpc) is 3.32. The molecule has 1 aliphatic carbocycles. The van der Waals surface area contributed by atoms with Gasteiger partial charge in [-0.05, 0) is 55.4 Å². The summed E-state index contributed by atoms with van der Waals surface area (Å²) < 4.78 is 46.8. The number of hydrogen-bond donors (Lipinski definition) is 1. The summed E-state index contributed by atoms with van der Waals surface area (Å²) in [5.41, 5.74) is 3.63. The van der Waals surface area contributed by atoms with Crippen molar-refractivity contribution in [2.45, 2.75) is 45.5 Å². The zero-order valence-corrected chi connectivity index (χ0v) is 22.6. The number of ether oxygens (including phenoxy) is 1. The van der Waals surface area contributed by atoms with E-state index in [0.717, 1.165) is 82.3 Å². The molecule has 1 aromatic carbocycles. The largest absolute Gasteiger partial charge is 0.395 e. The van der Waals surface area contributed by atoms with E-state index >= 15 is 0 Å². The second-order valence-corrected chi connectivity index (χ2v) is 11.0. The quantitative estimate of drug-likeness (QED) is 0.507. The van der Waals surface area contributed by atoms with Crippen LogP contribution in [0.5, 0.6) is 0 Å². The lowest BCUT2D eigenvalue weighted by atomic mass is 9.93. The zero-order valence-electron chi connectivity index (χ0n) is 22.6. The molecular weight excluding hydrogens is 507 g/mol. The summed E-state index contributed by atoms with van der Waals surface area (Å²) in [4.78, 5) is 17.0. The zero-order chi connectivity index (χ0) is 27.4. The molecule has 1 unspecified atom stereocenters. The van der Waals surface area contributed by atoms with Crippen molar-refractivity contribution in [3.05, 3.63) is 53.3 Å². The molecule has 7 nitrogen and oxygen atoms in total. The number of rotatable bonds is 8. The lowest BCUT2D eigenvalue weighted by Crippen LogP contribution is -2.40. The van der Waals surface area contributed by atoms with Crippen molar-refractivity contribution in [2.24, 2.45) is 11.8 Å². The maximum absolute atomic E-state index is 13.1.